The first-order valence-corrected chi connectivity index (χ1v) is 9.07. The van der Waals surface area contributed by atoms with Crippen LogP contribution in [0.5, 0.6) is 0 Å². The predicted molar refractivity (Wildman–Crippen MR) is 81.0 cm³/mol. The summed E-state index contributed by atoms with van der Waals surface area (Å²) in [6, 6.07) is 0.499. The van der Waals surface area contributed by atoms with Gasteiger partial charge in [0.25, 0.3) is 0 Å². The molecule has 0 atom stereocenters. The molecule has 0 aromatic carbocycles. The smallest absolute Gasteiger partial charge is 0.209 e. The average Bonchev–Trinajstić information content (AvgIpc) is 3.18. The Kier molecular flexibility index (Phi) is 4.67. The van der Waals surface area contributed by atoms with Gasteiger partial charge in [-0.05, 0) is 36.1 Å². The first kappa shape index (κ1) is 14.0. The fraction of sp³-hybridized carbons (Fsp3) is 0.692. The molecule has 5 nitrogen and oxygen atoms in total. The van der Waals surface area contributed by atoms with Gasteiger partial charge in [-0.15, -0.1) is 16.4 Å². The van der Waals surface area contributed by atoms with Crippen molar-refractivity contribution in [2.24, 2.45) is 0 Å². The topological polar surface area (TPSA) is 56.5 Å². The van der Waals surface area contributed by atoms with E-state index in [9.17, 15) is 0 Å². The van der Waals surface area contributed by atoms with Crippen LogP contribution in [0.25, 0.3) is 0 Å². The van der Waals surface area contributed by atoms with Crippen molar-refractivity contribution in [2.45, 2.75) is 62.4 Å². The normalized spacial score (nSPS) is 16.1. The molecule has 108 valence electrons. The van der Waals surface area contributed by atoms with E-state index in [4.69, 9.17) is 0 Å². The van der Waals surface area contributed by atoms with Gasteiger partial charge < -0.3 is 0 Å². The van der Waals surface area contributed by atoms with Crippen LogP contribution in [0, 0.1) is 0 Å². The molecule has 1 saturated carbocycles. The summed E-state index contributed by atoms with van der Waals surface area (Å²) in [4.78, 5) is 4.65. The Bertz CT molecular complexity index is 544. The molecule has 0 bridgehead atoms. The van der Waals surface area contributed by atoms with E-state index in [0.717, 1.165) is 29.4 Å². The second-order valence-electron chi connectivity index (χ2n) is 5.12. The Hall–Kier alpha value is -0.950. The van der Waals surface area contributed by atoms with Gasteiger partial charge in [0.2, 0.25) is 5.16 Å². The van der Waals surface area contributed by atoms with Crippen LogP contribution in [0.3, 0.4) is 0 Å². The molecule has 0 unspecified atom stereocenters. The molecule has 2 aromatic heterocycles. The summed E-state index contributed by atoms with van der Waals surface area (Å²) >= 11 is 3.45. The number of aromatic nitrogens is 5. The fourth-order valence-electron chi connectivity index (χ4n) is 2.54. The maximum Gasteiger partial charge on any atom is 0.209 e. The fourth-order valence-corrected chi connectivity index (χ4v) is 4.38. The van der Waals surface area contributed by atoms with Gasteiger partial charge in [-0.2, -0.15) is 0 Å². The summed E-state index contributed by atoms with van der Waals surface area (Å²) < 4.78 is 2.01. The molecule has 0 N–H and O–H groups in total. The molecule has 1 aliphatic rings. The van der Waals surface area contributed by atoms with Gasteiger partial charge in [0, 0.05) is 11.1 Å². The Morgan fingerprint density at radius 1 is 1.40 bits per heavy atom. The van der Waals surface area contributed by atoms with Gasteiger partial charge in [0.1, 0.15) is 0 Å². The summed E-state index contributed by atoms with van der Waals surface area (Å²) in [5.41, 5.74) is 1.14. The highest BCUT2D eigenvalue weighted by Crippen LogP contribution is 2.32. The summed E-state index contributed by atoms with van der Waals surface area (Å²) in [5.74, 6) is 0.854. The predicted octanol–water partition coefficient (Wildman–Crippen LogP) is 3.49. The molecule has 0 radical (unpaired) electrons. The largest absolute Gasteiger partial charge is 0.245 e. The van der Waals surface area contributed by atoms with Gasteiger partial charge in [0.15, 0.2) is 0 Å². The highest BCUT2D eigenvalue weighted by Gasteiger charge is 2.21. The van der Waals surface area contributed by atoms with Crippen LogP contribution in [0.15, 0.2) is 10.5 Å². The number of thioether (sulfide) groups is 1. The third-order valence-electron chi connectivity index (χ3n) is 3.55. The zero-order valence-electron chi connectivity index (χ0n) is 11.7. The Morgan fingerprint density at radius 2 is 2.25 bits per heavy atom. The van der Waals surface area contributed by atoms with Crippen LogP contribution in [0.1, 0.15) is 55.8 Å². The maximum absolute atomic E-state index is 4.65. The van der Waals surface area contributed by atoms with Crippen molar-refractivity contribution in [1.82, 2.24) is 25.2 Å². The van der Waals surface area contributed by atoms with Gasteiger partial charge in [-0.25, -0.2) is 9.67 Å². The van der Waals surface area contributed by atoms with Gasteiger partial charge in [0.05, 0.1) is 16.7 Å². The number of thiazole rings is 1. The molecule has 3 rings (SSSR count). The molecule has 0 saturated heterocycles. The molecular formula is C13H19N5S2. The maximum atomic E-state index is 4.65. The van der Waals surface area contributed by atoms with Crippen molar-refractivity contribution in [2.75, 3.05) is 0 Å². The number of hydrogen-bond acceptors (Lipinski definition) is 6. The van der Waals surface area contributed by atoms with Crippen molar-refractivity contribution in [1.29, 1.82) is 0 Å². The Labute approximate surface area is 127 Å². The molecule has 2 heterocycles. The van der Waals surface area contributed by atoms with Crippen molar-refractivity contribution in [3.63, 3.8) is 0 Å². The Balaban J connectivity index is 1.61. The van der Waals surface area contributed by atoms with E-state index in [2.05, 4.69) is 32.8 Å². The SMILES string of the molecule is CCCc1nc(CSc2nnnn2C2CCCC2)cs1. The second kappa shape index (κ2) is 6.67. The molecule has 20 heavy (non-hydrogen) atoms. The molecule has 0 spiro atoms. The van der Waals surface area contributed by atoms with E-state index in [-0.39, 0.29) is 0 Å². The quantitative estimate of drug-likeness (QED) is 0.765. The summed E-state index contributed by atoms with van der Waals surface area (Å²) in [7, 11) is 0. The lowest BCUT2D eigenvalue weighted by atomic mass is 10.3. The first-order chi connectivity index (χ1) is 9.86. The third kappa shape index (κ3) is 3.20. The van der Waals surface area contributed by atoms with Crippen LogP contribution in [-0.2, 0) is 12.2 Å². The van der Waals surface area contributed by atoms with E-state index in [0.29, 0.717) is 6.04 Å². The Morgan fingerprint density at radius 3 is 3.05 bits per heavy atom. The van der Waals surface area contributed by atoms with Gasteiger partial charge in [-0.1, -0.05) is 31.5 Å². The average molecular weight is 309 g/mol. The lowest BCUT2D eigenvalue weighted by Gasteiger charge is -2.10. The molecule has 7 heteroatoms. The number of rotatable bonds is 6. The van der Waals surface area contributed by atoms with Gasteiger partial charge >= 0.3 is 0 Å². The van der Waals surface area contributed by atoms with Crippen LogP contribution in [0.4, 0.5) is 0 Å². The molecule has 1 fully saturated rings. The summed E-state index contributed by atoms with van der Waals surface area (Å²) in [6.07, 6.45) is 7.23. The molecule has 1 aliphatic carbocycles. The van der Waals surface area contributed by atoms with E-state index in [1.807, 2.05) is 4.68 Å². The third-order valence-corrected chi connectivity index (χ3v) is 5.47. The lowest BCUT2D eigenvalue weighted by Crippen LogP contribution is -2.08. The van der Waals surface area contributed by atoms with E-state index in [1.165, 1.54) is 30.7 Å². The van der Waals surface area contributed by atoms with Crippen LogP contribution in [-0.4, -0.2) is 25.2 Å². The minimum Gasteiger partial charge on any atom is -0.245 e. The van der Waals surface area contributed by atoms with Gasteiger partial charge in [-0.3, -0.25) is 0 Å². The summed E-state index contributed by atoms with van der Waals surface area (Å²) in [5, 5.41) is 16.5. The number of aryl methyl sites for hydroxylation is 1. The minimum atomic E-state index is 0.499. The minimum absolute atomic E-state index is 0.499. The second-order valence-corrected chi connectivity index (χ2v) is 7.00. The molecule has 2 aromatic rings. The van der Waals surface area contributed by atoms with E-state index >= 15 is 0 Å². The zero-order chi connectivity index (χ0) is 13.8. The van der Waals surface area contributed by atoms with Crippen molar-refractivity contribution < 1.29 is 0 Å². The van der Waals surface area contributed by atoms with Crippen LogP contribution >= 0.6 is 23.1 Å². The standard InChI is InChI=1S/C13H19N5S2/c1-2-5-12-14-10(8-19-12)9-20-13-15-16-17-18(13)11-6-3-4-7-11/h8,11H,2-7,9H2,1H3. The highest BCUT2D eigenvalue weighted by atomic mass is 32.2. The van der Waals surface area contributed by atoms with Crippen LogP contribution < -0.4 is 0 Å². The van der Waals surface area contributed by atoms with E-state index < -0.39 is 0 Å². The van der Waals surface area contributed by atoms with Crippen molar-refractivity contribution in [3.8, 4) is 0 Å². The highest BCUT2D eigenvalue weighted by molar-refractivity contribution is 7.98. The number of hydrogen-bond donors (Lipinski definition) is 0. The zero-order valence-corrected chi connectivity index (χ0v) is 13.3. The summed E-state index contributed by atoms with van der Waals surface area (Å²) in [6.45, 7) is 2.19. The number of nitrogens with zero attached hydrogens (tertiary/aromatic N) is 5. The van der Waals surface area contributed by atoms with E-state index in [1.54, 1.807) is 23.1 Å². The lowest BCUT2D eigenvalue weighted by molar-refractivity contribution is 0.423. The van der Waals surface area contributed by atoms with Crippen LogP contribution in [0.2, 0.25) is 0 Å². The number of tetrazole rings is 1. The monoisotopic (exact) mass is 309 g/mol. The first-order valence-electron chi connectivity index (χ1n) is 7.20. The van der Waals surface area contributed by atoms with Crippen molar-refractivity contribution in [3.05, 3.63) is 16.1 Å². The molecular weight excluding hydrogens is 290 g/mol. The molecule has 0 aliphatic heterocycles. The van der Waals surface area contributed by atoms with Crippen molar-refractivity contribution >= 4 is 23.1 Å². The molecule has 0 amide bonds.